The maximum absolute atomic E-state index is 11.8. The highest BCUT2D eigenvalue weighted by molar-refractivity contribution is 5.92. The molecule has 0 aliphatic heterocycles. The summed E-state index contributed by atoms with van der Waals surface area (Å²) in [5.41, 5.74) is 1.47. The Bertz CT molecular complexity index is 720. The number of hydrogen-bond acceptors (Lipinski definition) is 6. The molecule has 0 aliphatic carbocycles. The third-order valence-electron chi connectivity index (χ3n) is 4.10. The second-order valence-electron chi connectivity index (χ2n) is 6.16. The molecule has 144 valence electrons. The van der Waals surface area contributed by atoms with Crippen molar-refractivity contribution in [3.8, 4) is 5.75 Å². The number of carbonyl (C=O) groups excluding carboxylic acids is 2. The van der Waals surface area contributed by atoms with Crippen molar-refractivity contribution in [3.05, 3.63) is 65.2 Å². The van der Waals surface area contributed by atoms with Gasteiger partial charge in [-0.3, -0.25) is 0 Å². The maximum Gasteiger partial charge on any atom is 0.341 e. The average molecular weight is 372 g/mol. The third-order valence-corrected chi connectivity index (χ3v) is 4.10. The van der Waals surface area contributed by atoms with Gasteiger partial charge in [0.15, 0.2) is 0 Å². The van der Waals surface area contributed by atoms with E-state index in [2.05, 4.69) is 0 Å². The fourth-order valence-electron chi connectivity index (χ4n) is 2.84. The summed E-state index contributed by atoms with van der Waals surface area (Å²) in [5, 5.41) is 10.4. The molecule has 0 aromatic heterocycles. The molecule has 6 nitrogen and oxygen atoms in total. The van der Waals surface area contributed by atoms with Gasteiger partial charge in [0.1, 0.15) is 11.3 Å². The summed E-state index contributed by atoms with van der Waals surface area (Å²) in [7, 11) is 2.63. The minimum absolute atomic E-state index is 0.289. The van der Waals surface area contributed by atoms with Gasteiger partial charge in [-0.25, -0.2) is 9.59 Å². The maximum atomic E-state index is 11.8. The van der Waals surface area contributed by atoms with Crippen molar-refractivity contribution in [2.45, 2.75) is 32.0 Å². The molecule has 2 aromatic rings. The normalized spacial score (nSPS) is 12.7. The number of hydrogen-bond donors (Lipinski definition) is 1. The molecule has 0 radical (unpaired) electrons. The Labute approximate surface area is 158 Å². The van der Waals surface area contributed by atoms with Gasteiger partial charge in [0.05, 0.1) is 32.0 Å². The van der Waals surface area contributed by atoms with Crippen molar-refractivity contribution >= 4 is 11.9 Å². The molecule has 0 heterocycles. The van der Waals surface area contributed by atoms with Gasteiger partial charge in [-0.15, -0.1) is 0 Å². The Morgan fingerprint density at radius 1 is 0.926 bits per heavy atom. The molecular formula is C21H24O6. The molecule has 1 N–H and O–H groups in total. The number of benzene rings is 2. The lowest BCUT2D eigenvalue weighted by Crippen LogP contribution is -2.23. The Morgan fingerprint density at radius 2 is 1.48 bits per heavy atom. The predicted octanol–water partition coefficient (Wildman–Crippen LogP) is 3.02. The third kappa shape index (κ3) is 5.56. The van der Waals surface area contributed by atoms with Crippen LogP contribution in [0.2, 0.25) is 0 Å². The van der Waals surface area contributed by atoms with Crippen molar-refractivity contribution in [1.29, 1.82) is 0 Å². The SMILES string of the molecule is COC(=O)c1ccccc1CC(O)CC(C)Oc1ccccc1C(=O)OC. The highest BCUT2D eigenvalue weighted by Crippen LogP contribution is 2.22. The number of carbonyl (C=O) groups is 2. The Hall–Kier alpha value is -2.86. The highest BCUT2D eigenvalue weighted by Gasteiger charge is 2.19. The minimum atomic E-state index is -0.726. The van der Waals surface area contributed by atoms with Gasteiger partial charge < -0.3 is 19.3 Å². The molecular weight excluding hydrogens is 348 g/mol. The van der Waals surface area contributed by atoms with E-state index in [1.807, 2.05) is 6.92 Å². The molecule has 2 unspecified atom stereocenters. The van der Waals surface area contributed by atoms with Gasteiger partial charge in [-0.2, -0.15) is 0 Å². The van der Waals surface area contributed by atoms with Crippen LogP contribution in [0.25, 0.3) is 0 Å². The van der Waals surface area contributed by atoms with Crippen LogP contribution in [0.5, 0.6) is 5.75 Å². The number of aliphatic hydroxyl groups is 1. The fourth-order valence-corrected chi connectivity index (χ4v) is 2.84. The first-order valence-electron chi connectivity index (χ1n) is 8.64. The van der Waals surface area contributed by atoms with Crippen molar-refractivity contribution in [2.24, 2.45) is 0 Å². The number of rotatable bonds is 8. The fraction of sp³-hybridized carbons (Fsp3) is 0.333. The van der Waals surface area contributed by atoms with Gasteiger partial charge >= 0.3 is 11.9 Å². The van der Waals surface area contributed by atoms with Crippen molar-refractivity contribution in [2.75, 3.05) is 14.2 Å². The van der Waals surface area contributed by atoms with Crippen LogP contribution in [0.4, 0.5) is 0 Å². The Balaban J connectivity index is 2.02. The van der Waals surface area contributed by atoms with E-state index in [4.69, 9.17) is 14.2 Å². The lowest BCUT2D eigenvalue weighted by atomic mass is 9.99. The first kappa shape index (κ1) is 20.5. The molecule has 0 amide bonds. The first-order valence-corrected chi connectivity index (χ1v) is 8.64. The van der Waals surface area contributed by atoms with Crippen LogP contribution in [0.3, 0.4) is 0 Å². The molecule has 6 heteroatoms. The lowest BCUT2D eigenvalue weighted by Gasteiger charge is -2.20. The molecule has 0 saturated carbocycles. The molecule has 2 rings (SSSR count). The number of aliphatic hydroxyl groups excluding tert-OH is 1. The van der Waals surface area contributed by atoms with Gasteiger partial charge in [0.25, 0.3) is 0 Å². The van der Waals surface area contributed by atoms with E-state index in [1.54, 1.807) is 48.5 Å². The van der Waals surface area contributed by atoms with Crippen LogP contribution in [0.1, 0.15) is 39.6 Å². The van der Waals surface area contributed by atoms with Crippen molar-refractivity contribution < 1.29 is 28.9 Å². The zero-order chi connectivity index (χ0) is 19.8. The van der Waals surface area contributed by atoms with E-state index >= 15 is 0 Å². The summed E-state index contributed by atoms with van der Waals surface area (Å²) in [6, 6.07) is 13.8. The van der Waals surface area contributed by atoms with Crippen LogP contribution in [0, 0.1) is 0 Å². The van der Waals surface area contributed by atoms with Gasteiger partial charge in [-0.05, 0) is 37.1 Å². The summed E-state index contributed by atoms with van der Waals surface area (Å²) >= 11 is 0. The second-order valence-corrected chi connectivity index (χ2v) is 6.16. The Kier molecular flexibility index (Phi) is 7.37. The zero-order valence-corrected chi connectivity index (χ0v) is 15.7. The van der Waals surface area contributed by atoms with Gasteiger partial charge in [-0.1, -0.05) is 30.3 Å². The van der Waals surface area contributed by atoms with Gasteiger partial charge in [0, 0.05) is 6.42 Å². The number of methoxy groups -OCH3 is 2. The smallest absolute Gasteiger partial charge is 0.341 e. The number of ether oxygens (including phenoxy) is 3. The van der Waals surface area contributed by atoms with Crippen molar-refractivity contribution in [3.63, 3.8) is 0 Å². The van der Waals surface area contributed by atoms with E-state index < -0.39 is 18.0 Å². The van der Waals surface area contributed by atoms with E-state index in [9.17, 15) is 14.7 Å². The highest BCUT2D eigenvalue weighted by atomic mass is 16.5. The topological polar surface area (TPSA) is 82.1 Å². The lowest BCUT2D eigenvalue weighted by molar-refractivity contribution is 0.0586. The summed E-state index contributed by atoms with van der Waals surface area (Å²) in [5.74, 6) is -0.515. The van der Waals surface area contributed by atoms with Crippen LogP contribution in [0.15, 0.2) is 48.5 Å². The average Bonchev–Trinajstić information content (AvgIpc) is 2.67. The van der Waals surface area contributed by atoms with Crippen LogP contribution >= 0.6 is 0 Å². The van der Waals surface area contributed by atoms with Crippen LogP contribution < -0.4 is 4.74 Å². The molecule has 2 atom stereocenters. The number of para-hydroxylation sites is 1. The first-order chi connectivity index (χ1) is 13.0. The monoisotopic (exact) mass is 372 g/mol. The van der Waals surface area contributed by atoms with Crippen molar-refractivity contribution in [1.82, 2.24) is 0 Å². The summed E-state index contributed by atoms with van der Waals surface area (Å²) in [6.07, 6.45) is -0.463. The predicted molar refractivity (Wildman–Crippen MR) is 100.0 cm³/mol. The number of esters is 2. The van der Waals surface area contributed by atoms with E-state index in [-0.39, 0.29) is 12.5 Å². The minimum Gasteiger partial charge on any atom is -0.490 e. The quantitative estimate of drug-likeness (QED) is 0.718. The summed E-state index contributed by atoms with van der Waals surface area (Å²) in [4.78, 5) is 23.7. The molecule has 0 saturated heterocycles. The van der Waals surface area contributed by atoms with E-state index in [1.165, 1.54) is 14.2 Å². The molecule has 0 fully saturated rings. The van der Waals surface area contributed by atoms with Crippen LogP contribution in [-0.2, 0) is 15.9 Å². The van der Waals surface area contributed by atoms with E-state index in [0.717, 1.165) is 0 Å². The standard InChI is InChI=1S/C21H24O6/c1-14(27-19-11-7-6-10-18(19)21(24)26-3)12-16(22)13-15-8-4-5-9-17(15)20(23)25-2/h4-11,14,16,22H,12-13H2,1-3H3. The molecule has 0 spiro atoms. The zero-order valence-electron chi connectivity index (χ0n) is 15.7. The molecule has 2 aromatic carbocycles. The molecule has 0 bridgehead atoms. The summed E-state index contributed by atoms with van der Waals surface area (Å²) in [6.45, 7) is 1.81. The Morgan fingerprint density at radius 3 is 2.15 bits per heavy atom. The summed E-state index contributed by atoms with van der Waals surface area (Å²) < 4.78 is 15.4. The molecule has 27 heavy (non-hydrogen) atoms. The van der Waals surface area contributed by atoms with Crippen LogP contribution in [-0.4, -0.2) is 43.5 Å². The molecule has 0 aliphatic rings. The van der Waals surface area contributed by atoms with E-state index in [0.29, 0.717) is 28.9 Å². The second kappa shape index (κ2) is 9.73. The van der Waals surface area contributed by atoms with Gasteiger partial charge in [0.2, 0.25) is 0 Å². The largest absolute Gasteiger partial charge is 0.490 e.